The zero-order valence-electron chi connectivity index (χ0n) is 13.8. The third kappa shape index (κ3) is 3.25. The maximum Gasteiger partial charge on any atom is 0.137 e. The minimum Gasteiger partial charge on any atom is -0.293 e. The summed E-state index contributed by atoms with van der Waals surface area (Å²) in [5, 5.41) is 5.37. The summed E-state index contributed by atoms with van der Waals surface area (Å²) in [6.45, 7) is 5.18. The van der Waals surface area contributed by atoms with E-state index in [2.05, 4.69) is 46.2 Å². The van der Waals surface area contributed by atoms with Gasteiger partial charge >= 0.3 is 0 Å². The Labute approximate surface area is 146 Å². The molecule has 0 N–H and O–H groups in total. The first kappa shape index (κ1) is 15.5. The predicted octanol–water partition coefficient (Wildman–Crippen LogP) is 3.37. The van der Waals surface area contributed by atoms with E-state index in [1.54, 1.807) is 6.33 Å². The molecule has 24 heavy (non-hydrogen) atoms. The first-order chi connectivity index (χ1) is 11.8. The van der Waals surface area contributed by atoms with Crippen molar-refractivity contribution in [2.45, 2.75) is 38.9 Å². The van der Waals surface area contributed by atoms with Gasteiger partial charge in [0.15, 0.2) is 0 Å². The van der Waals surface area contributed by atoms with E-state index in [1.807, 2.05) is 28.4 Å². The van der Waals surface area contributed by atoms with Gasteiger partial charge in [0.1, 0.15) is 17.7 Å². The molecule has 1 aliphatic rings. The fourth-order valence-electron chi connectivity index (χ4n) is 3.32. The van der Waals surface area contributed by atoms with Gasteiger partial charge in [-0.2, -0.15) is 5.10 Å². The van der Waals surface area contributed by atoms with Gasteiger partial charge in [0.25, 0.3) is 0 Å². The molecule has 1 atom stereocenters. The molecule has 1 aromatic carbocycles. The molecule has 0 unspecified atom stereocenters. The monoisotopic (exact) mass is 339 g/mol. The van der Waals surface area contributed by atoms with E-state index >= 15 is 0 Å². The lowest BCUT2D eigenvalue weighted by Gasteiger charge is -2.23. The van der Waals surface area contributed by atoms with E-state index in [0.29, 0.717) is 6.04 Å². The van der Waals surface area contributed by atoms with Crippen LogP contribution in [0.25, 0.3) is 10.6 Å². The third-order valence-corrected chi connectivity index (χ3v) is 5.81. The van der Waals surface area contributed by atoms with Crippen molar-refractivity contribution in [3.63, 3.8) is 0 Å². The second-order valence-electron chi connectivity index (χ2n) is 6.28. The first-order valence-electron chi connectivity index (χ1n) is 8.38. The minimum atomic E-state index is 0.536. The Bertz CT molecular complexity index is 781. The molecule has 1 saturated heterocycles. The smallest absolute Gasteiger partial charge is 0.137 e. The Morgan fingerprint density at radius 2 is 2.12 bits per heavy atom. The molecule has 0 spiro atoms. The zero-order valence-corrected chi connectivity index (χ0v) is 14.6. The molecule has 2 aromatic heterocycles. The maximum absolute atomic E-state index is 4.79. The van der Waals surface area contributed by atoms with Gasteiger partial charge in [-0.25, -0.2) is 9.97 Å². The molecule has 124 valence electrons. The highest BCUT2D eigenvalue weighted by atomic mass is 32.1. The lowest BCUT2D eigenvalue weighted by atomic mass is 10.2. The van der Waals surface area contributed by atoms with Gasteiger partial charge in [0, 0.05) is 23.0 Å². The number of benzene rings is 1. The van der Waals surface area contributed by atoms with Crippen LogP contribution in [-0.2, 0) is 13.1 Å². The number of likely N-dealkylation sites (tertiary alicyclic amines) is 1. The van der Waals surface area contributed by atoms with Crippen LogP contribution in [-0.4, -0.2) is 37.2 Å². The summed E-state index contributed by atoms with van der Waals surface area (Å²) in [6, 6.07) is 11.0. The quantitative estimate of drug-likeness (QED) is 0.715. The van der Waals surface area contributed by atoms with E-state index in [4.69, 9.17) is 4.98 Å². The van der Waals surface area contributed by atoms with E-state index in [9.17, 15) is 0 Å². The Kier molecular flexibility index (Phi) is 4.40. The molecule has 0 aliphatic carbocycles. The van der Waals surface area contributed by atoms with E-state index in [1.165, 1.54) is 23.3 Å². The van der Waals surface area contributed by atoms with Crippen LogP contribution in [0.3, 0.4) is 0 Å². The number of rotatable bonds is 5. The van der Waals surface area contributed by atoms with Gasteiger partial charge in [-0.1, -0.05) is 30.3 Å². The number of nitrogens with zero attached hydrogens (tertiary/aromatic N) is 5. The van der Waals surface area contributed by atoms with Crippen LogP contribution in [0, 0.1) is 6.92 Å². The topological polar surface area (TPSA) is 46.8 Å². The van der Waals surface area contributed by atoms with Crippen LogP contribution in [0.2, 0.25) is 0 Å². The fraction of sp³-hybridized carbons (Fsp3) is 0.389. The highest BCUT2D eigenvalue weighted by molar-refractivity contribution is 7.15. The van der Waals surface area contributed by atoms with Gasteiger partial charge in [-0.05, 0) is 26.3 Å². The molecule has 6 heteroatoms. The molecule has 0 bridgehead atoms. The highest BCUT2D eigenvalue weighted by Crippen LogP contribution is 2.30. The zero-order chi connectivity index (χ0) is 16.4. The standard InChI is InChI=1S/C18H21N5S/c1-14-17(24-18(21-14)15-6-3-2-4-7-15)11-22-9-5-8-16(22)10-23-13-19-12-20-23/h2-4,6-7,12-13,16H,5,8-11H2,1H3/t16-/m1/s1. The fourth-order valence-corrected chi connectivity index (χ4v) is 4.41. The van der Waals surface area contributed by atoms with E-state index in [0.717, 1.165) is 30.3 Å². The molecule has 1 aliphatic heterocycles. The van der Waals surface area contributed by atoms with Crippen molar-refractivity contribution in [3.8, 4) is 10.6 Å². The molecule has 0 radical (unpaired) electrons. The predicted molar refractivity (Wildman–Crippen MR) is 95.7 cm³/mol. The maximum atomic E-state index is 4.79. The second kappa shape index (κ2) is 6.83. The lowest BCUT2D eigenvalue weighted by Crippen LogP contribution is -2.32. The van der Waals surface area contributed by atoms with Gasteiger partial charge in [0.05, 0.1) is 12.2 Å². The van der Waals surface area contributed by atoms with Gasteiger partial charge < -0.3 is 0 Å². The molecule has 0 saturated carbocycles. The minimum absolute atomic E-state index is 0.536. The molecule has 1 fully saturated rings. The van der Waals surface area contributed by atoms with Gasteiger partial charge in [-0.15, -0.1) is 11.3 Å². The third-order valence-electron chi connectivity index (χ3n) is 4.62. The number of hydrogen-bond donors (Lipinski definition) is 0. The SMILES string of the molecule is Cc1nc(-c2ccccc2)sc1CN1CCC[C@@H]1Cn1cncn1. The molecular weight excluding hydrogens is 318 g/mol. The lowest BCUT2D eigenvalue weighted by molar-refractivity contribution is 0.220. The number of hydrogen-bond acceptors (Lipinski definition) is 5. The summed E-state index contributed by atoms with van der Waals surface area (Å²) in [6.07, 6.45) is 5.90. The van der Waals surface area contributed by atoms with Crippen molar-refractivity contribution in [3.05, 3.63) is 53.6 Å². The molecule has 0 amide bonds. The van der Waals surface area contributed by atoms with Crippen molar-refractivity contribution in [2.75, 3.05) is 6.54 Å². The van der Waals surface area contributed by atoms with Crippen molar-refractivity contribution >= 4 is 11.3 Å². The van der Waals surface area contributed by atoms with Crippen LogP contribution >= 0.6 is 11.3 Å². The van der Waals surface area contributed by atoms with Gasteiger partial charge in [0.2, 0.25) is 0 Å². The summed E-state index contributed by atoms with van der Waals surface area (Å²) in [5.41, 5.74) is 2.36. The Hall–Kier alpha value is -2.05. The largest absolute Gasteiger partial charge is 0.293 e. The van der Waals surface area contributed by atoms with Crippen molar-refractivity contribution in [1.29, 1.82) is 0 Å². The van der Waals surface area contributed by atoms with Crippen molar-refractivity contribution in [2.24, 2.45) is 0 Å². The van der Waals surface area contributed by atoms with Crippen LogP contribution in [0.15, 0.2) is 43.0 Å². The Balaban J connectivity index is 1.49. The van der Waals surface area contributed by atoms with Crippen LogP contribution in [0.1, 0.15) is 23.4 Å². The summed E-state index contributed by atoms with van der Waals surface area (Å²) < 4.78 is 1.94. The highest BCUT2D eigenvalue weighted by Gasteiger charge is 2.26. The molecule has 4 rings (SSSR count). The second-order valence-corrected chi connectivity index (χ2v) is 7.36. The summed E-state index contributed by atoms with van der Waals surface area (Å²) in [5.74, 6) is 0. The molecular formula is C18H21N5S. The number of aromatic nitrogens is 4. The Morgan fingerprint density at radius 1 is 1.25 bits per heavy atom. The summed E-state index contributed by atoms with van der Waals surface area (Å²) in [4.78, 5) is 12.8. The summed E-state index contributed by atoms with van der Waals surface area (Å²) in [7, 11) is 0. The molecule has 5 nitrogen and oxygen atoms in total. The van der Waals surface area contributed by atoms with E-state index in [-0.39, 0.29) is 0 Å². The van der Waals surface area contributed by atoms with Crippen LogP contribution < -0.4 is 0 Å². The normalized spacial score (nSPS) is 18.3. The van der Waals surface area contributed by atoms with Crippen molar-refractivity contribution < 1.29 is 0 Å². The van der Waals surface area contributed by atoms with Crippen molar-refractivity contribution in [1.82, 2.24) is 24.6 Å². The summed E-state index contributed by atoms with van der Waals surface area (Å²) >= 11 is 1.82. The number of thiazole rings is 1. The molecule has 3 heterocycles. The first-order valence-corrected chi connectivity index (χ1v) is 9.19. The number of aryl methyl sites for hydroxylation is 1. The Morgan fingerprint density at radius 3 is 2.92 bits per heavy atom. The average Bonchev–Trinajstić information content (AvgIpc) is 3.33. The van der Waals surface area contributed by atoms with Crippen LogP contribution in [0.5, 0.6) is 0 Å². The average molecular weight is 339 g/mol. The van der Waals surface area contributed by atoms with Crippen LogP contribution in [0.4, 0.5) is 0 Å². The van der Waals surface area contributed by atoms with Gasteiger partial charge in [-0.3, -0.25) is 9.58 Å². The van der Waals surface area contributed by atoms with E-state index < -0.39 is 0 Å². The molecule has 3 aromatic rings.